The van der Waals surface area contributed by atoms with Crippen LogP contribution in [0.4, 0.5) is 11.4 Å². The molecule has 0 heterocycles. The van der Waals surface area contributed by atoms with E-state index in [2.05, 4.69) is 26.6 Å². The fourth-order valence-corrected chi connectivity index (χ4v) is 2.59. The molecule has 2 rings (SSSR count). The Morgan fingerprint density at radius 1 is 0.917 bits per heavy atom. The van der Waals surface area contributed by atoms with Crippen LogP contribution in [-0.4, -0.2) is 26.0 Å². The van der Waals surface area contributed by atoms with Gasteiger partial charge in [0.15, 0.2) is 11.5 Å². The lowest BCUT2D eigenvalue weighted by Crippen LogP contribution is -2.29. The summed E-state index contributed by atoms with van der Waals surface area (Å²) in [7, 11) is 3.01. The Morgan fingerprint density at radius 3 is 2.21 bits per heavy atom. The molecule has 2 N–H and O–H groups in total. The summed E-state index contributed by atoms with van der Waals surface area (Å²) in [6.45, 7) is 1.93. The molecule has 2 aromatic carbocycles. The molecule has 24 heavy (non-hydrogen) atoms. The first-order valence-electron chi connectivity index (χ1n) is 7.05. The number of benzene rings is 2. The molecule has 0 aliphatic rings. The van der Waals surface area contributed by atoms with Crippen molar-refractivity contribution in [1.29, 1.82) is 0 Å². The molecule has 0 radical (unpaired) electrons. The Bertz CT molecular complexity index is 777. The molecular formula is C17H17BrN2O4. The predicted octanol–water partition coefficient (Wildman–Crippen LogP) is 3.35. The number of hydrogen-bond acceptors (Lipinski definition) is 4. The van der Waals surface area contributed by atoms with Crippen LogP contribution in [0.5, 0.6) is 11.5 Å². The van der Waals surface area contributed by atoms with Crippen molar-refractivity contribution in [3.8, 4) is 11.5 Å². The van der Waals surface area contributed by atoms with E-state index in [9.17, 15) is 9.59 Å². The second kappa shape index (κ2) is 7.83. The highest BCUT2D eigenvalue weighted by Crippen LogP contribution is 2.29. The SMILES string of the molecule is COc1ccc(NC(=O)C(=O)Nc2ccc(C)cc2Br)cc1OC. The van der Waals surface area contributed by atoms with Gasteiger partial charge in [-0.05, 0) is 52.7 Å². The molecule has 0 aliphatic heterocycles. The van der Waals surface area contributed by atoms with Crippen LogP contribution >= 0.6 is 15.9 Å². The summed E-state index contributed by atoms with van der Waals surface area (Å²) in [6, 6.07) is 10.2. The maximum absolute atomic E-state index is 12.0. The van der Waals surface area contributed by atoms with Crippen molar-refractivity contribution >= 4 is 39.1 Å². The van der Waals surface area contributed by atoms with Gasteiger partial charge in [0.05, 0.1) is 19.9 Å². The van der Waals surface area contributed by atoms with E-state index in [-0.39, 0.29) is 0 Å². The first kappa shape index (κ1) is 17.8. The third-order valence-corrected chi connectivity index (χ3v) is 3.88. The van der Waals surface area contributed by atoms with Gasteiger partial charge in [0.2, 0.25) is 0 Å². The van der Waals surface area contributed by atoms with Crippen LogP contribution in [0.25, 0.3) is 0 Å². The highest BCUT2D eigenvalue weighted by molar-refractivity contribution is 9.10. The van der Waals surface area contributed by atoms with Crippen LogP contribution in [0.3, 0.4) is 0 Å². The molecule has 0 fully saturated rings. The van der Waals surface area contributed by atoms with Gasteiger partial charge in [0.1, 0.15) is 0 Å². The first-order valence-corrected chi connectivity index (χ1v) is 7.84. The number of nitrogens with one attached hydrogen (secondary N) is 2. The Kier molecular flexibility index (Phi) is 5.81. The van der Waals surface area contributed by atoms with Gasteiger partial charge in [0.25, 0.3) is 0 Å². The lowest BCUT2D eigenvalue weighted by Gasteiger charge is -2.11. The number of carbonyl (C=O) groups excluding carboxylic acids is 2. The van der Waals surface area contributed by atoms with Crippen molar-refractivity contribution in [3.63, 3.8) is 0 Å². The second-order valence-corrected chi connectivity index (χ2v) is 5.82. The monoisotopic (exact) mass is 392 g/mol. The third kappa shape index (κ3) is 4.26. The Morgan fingerprint density at radius 2 is 1.58 bits per heavy atom. The molecule has 6 nitrogen and oxygen atoms in total. The molecule has 0 bridgehead atoms. The van der Waals surface area contributed by atoms with E-state index in [0.29, 0.717) is 27.3 Å². The standard InChI is InChI=1S/C17H17BrN2O4/c1-10-4-6-13(12(18)8-10)20-17(22)16(21)19-11-5-7-14(23-2)15(9-11)24-3/h4-9H,1-3H3,(H,19,21)(H,20,22). The van der Waals surface area contributed by atoms with E-state index in [1.807, 2.05) is 19.1 Å². The average molecular weight is 393 g/mol. The average Bonchev–Trinajstić information content (AvgIpc) is 2.57. The van der Waals surface area contributed by atoms with Crippen LogP contribution in [0.2, 0.25) is 0 Å². The van der Waals surface area contributed by atoms with E-state index >= 15 is 0 Å². The quantitative estimate of drug-likeness (QED) is 0.782. The molecular weight excluding hydrogens is 376 g/mol. The number of rotatable bonds is 4. The van der Waals surface area contributed by atoms with Crippen molar-refractivity contribution < 1.29 is 19.1 Å². The van der Waals surface area contributed by atoms with Gasteiger partial charge in [-0.25, -0.2) is 0 Å². The largest absolute Gasteiger partial charge is 0.493 e. The molecule has 2 aromatic rings. The van der Waals surface area contributed by atoms with Crippen molar-refractivity contribution in [2.45, 2.75) is 6.92 Å². The van der Waals surface area contributed by atoms with E-state index < -0.39 is 11.8 Å². The van der Waals surface area contributed by atoms with E-state index in [4.69, 9.17) is 9.47 Å². The number of anilines is 2. The number of amides is 2. The van der Waals surface area contributed by atoms with Gasteiger partial charge in [-0.15, -0.1) is 0 Å². The normalized spacial score (nSPS) is 10.0. The van der Waals surface area contributed by atoms with Crippen LogP contribution < -0.4 is 20.1 Å². The summed E-state index contributed by atoms with van der Waals surface area (Å²) in [5.41, 5.74) is 1.98. The zero-order valence-electron chi connectivity index (χ0n) is 13.5. The molecule has 0 atom stereocenters. The van der Waals surface area contributed by atoms with Crippen LogP contribution in [-0.2, 0) is 9.59 Å². The maximum atomic E-state index is 12.0. The van der Waals surface area contributed by atoms with Gasteiger partial charge >= 0.3 is 11.8 Å². The molecule has 0 saturated heterocycles. The van der Waals surface area contributed by atoms with Crippen molar-refractivity contribution in [2.24, 2.45) is 0 Å². The molecule has 0 unspecified atom stereocenters. The van der Waals surface area contributed by atoms with Gasteiger partial charge in [0, 0.05) is 16.2 Å². The summed E-state index contributed by atoms with van der Waals surface area (Å²) < 4.78 is 11.0. The summed E-state index contributed by atoms with van der Waals surface area (Å²) in [4.78, 5) is 24.1. The van der Waals surface area contributed by atoms with E-state index in [0.717, 1.165) is 5.56 Å². The zero-order valence-corrected chi connectivity index (χ0v) is 15.1. The topological polar surface area (TPSA) is 76.7 Å². The van der Waals surface area contributed by atoms with Gasteiger partial charge in [-0.2, -0.15) is 0 Å². The minimum atomic E-state index is -0.783. The Labute approximate surface area is 148 Å². The van der Waals surface area contributed by atoms with Crippen LogP contribution in [0.15, 0.2) is 40.9 Å². The van der Waals surface area contributed by atoms with Crippen LogP contribution in [0.1, 0.15) is 5.56 Å². The van der Waals surface area contributed by atoms with E-state index in [1.54, 1.807) is 24.3 Å². The fourth-order valence-electron chi connectivity index (χ4n) is 2.00. The first-order chi connectivity index (χ1) is 11.4. The summed E-state index contributed by atoms with van der Waals surface area (Å²) in [5, 5.41) is 5.07. The summed E-state index contributed by atoms with van der Waals surface area (Å²) in [6.07, 6.45) is 0. The van der Waals surface area contributed by atoms with Crippen molar-refractivity contribution in [3.05, 3.63) is 46.4 Å². The van der Waals surface area contributed by atoms with Gasteiger partial charge < -0.3 is 20.1 Å². The molecule has 0 saturated carbocycles. The molecule has 0 aromatic heterocycles. The molecule has 7 heteroatoms. The molecule has 0 spiro atoms. The molecule has 0 aliphatic carbocycles. The maximum Gasteiger partial charge on any atom is 0.314 e. The lowest BCUT2D eigenvalue weighted by molar-refractivity contribution is -0.133. The number of aryl methyl sites for hydroxylation is 1. The molecule has 2 amide bonds. The lowest BCUT2D eigenvalue weighted by atomic mass is 10.2. The minimum Gasteiger partial charge on any atom is -0.493 e. The highest BCUT2D eigenvalue weighted by Gasteiger charge is 2.16. The van der Waals surface area contributed by atoms with Gasteiger partial charge in [-0.1, -0.05) is 6.07 Å². The predicted molar refractivity (Wildman–Crippen MR) is 95.7 cm³/mol. The fraction of sp³-hybridized carbons (Fsp3) is 0.176. The number of methoxy groups -OCH3 is 2. The Balaban J connectivity index is 2.07. The number of ether oxygens (including phenoxy) is 2. The summed E-state index contributed by atoms with van der Waals surface area (Å²) >= 11 is 3.35. The van der Waals surface area contributed by atoms with Crippen LogP contribution in [0, 0.1) is 6.92 Å². The minimum absolute atomic E-state index is 0.427. The zero-order chi connectivity index (χ0) is 17.7. The second-order valence-electron chi connectivity index (χ2n) is 4.96. The number of carbonyl (C=O) groups is 2. The number of hydrogen-bond donors (Lipinski definition) is 2. The summed E-state index contributed by atoms with van der Waals surface area (Å²) in [5.74, 6) is -0.565. The van der Waals surface area contributed by atoms with Crippen molar-refractivity contribution in [2.75, 3.05) is 24.9 Å². The third-order valence-electron chi connectivity index (χ3n) is 3.22. The number of halogens is 1. The Hall–Kier alpha value is -2.54. The smallest absolute Gasteiger partial charge is 0.314 e. The molecule has 126 valence electrons. The highest BCUT2D eigenvalue weighted by atomic mass is 79.9. The van der Waals surface area contributed by atoms with Crippen molar-refractivity contribution in [1.82, 2.24) is 0 Å². The van der Waals surface area contributed by atoms with Gasteiger partial charge in [-0.3, -0.25) is 9.59 Å². The van der Waals surface area contributed by atoms with E-state index in [1.165, 1.54) is 14.2 Å².